The summed E-state index contributed by atoms with van der Waals surface area (Å²) in [5.41, 5.74) is 7.22. The molecule has 2 fully saturated rings. The van der Waals surface area contributed by atoms with Gasteiger partial charge in [0.15, 0.2) is 0 Å². The Morgan fingerprint density at radius 2 is 1.96 bits per heavy atom. The largest absolute Gasteiger partial charge is 0.496 e. The fraction of sp³-hybridized carbons (Fsp3) is 0.632. The number of carbonyl (C=O) groups excluding carboxylic acids is 1. The third-order valence-corrected chi connectivity index (χ3v) is 5.45. The van der Waals surface area contributed by atoms with E-state index in [0.717, 1.165) is 57.4 Å². The highest BCUT2D eigenvalue weighted by Gasteiger charge is 2.32. The fourth-order valence-corrected chi connectivity index (χ4v) is 4.04. The molecule has 4 nitrogen and oxygen atoms in total. The number of methoxy groups -OCH3 is 1. The molecule has 1 saturated heterocycles. The van der Waals surface area contributed by atoms with E-state index in [4.69, 9.17) is 10.5 Å². The van der Waals surface area contributed by atoms with Crippen molar-refractivity contribution in [1.82, 2.24) is 4.90 Å². The first-order valence-electron chi connectivity index (χ1n) is 8.83. The molecular weight excluding hydrogens is 288 g/mol. The maximum absolute atomic E-state index is 12.6. The predicted octanol–water partition coefficient (Wildman–Crippen LogP) is 2.60. The summed E-state index contributed by atoms with van der Waals surface area (Å²) in [5, 5.41) is 0. The zero-order valence-corrected chi connectivity index (χ0v) is 14.0. The van der Waals surface area contributed by atoms with Gasteiger partial charge in [0.25, 0.3) is 0 Å². The standard InChI is InChI=1S/C19H28N2O2/c1-23-18-5-3-2-4-15(18)12-14-8-10-21(11-9-14)19(22)16-6-7-17(20)13-16/h2-5,14,16-17H,6-13,20H2,1H3/t16-,17+/m1/s1. The summed E-state index contributed by atoms with van der Waals surface area (Å²) in [5.74, 6) is 2.14. The Labute approximate surface area is 139 Å². The van der Waals surface area contributed by atoms with Crippen LogP contribution in [0.5, 0.6) is 5.75 Å². The molecule has 0 radical (unpaired) electrons. The molecule has 0 spiro atoms. The van der Waals surface area contributed by atoms with Crippen LogP contribution in [0.4, 0.5) is 0 Å². The first-order chi connectivity index (χ1) is 11.2. The molecule has 2 aliphatic rings. The molecule has 1 aliphatic carbocycles. The highest BCUT2D eigenvalue weighted by atomic mass is 16.5. The molecule has 4 heteroatoms. The van der Waals surface area contributed by atoms with Crippen LogP contribution in [0.15, 0.2) is 24.3 Å². The van der Waals surface area contributed by atoms with E-state index in [0.29, 0.717) is 11.8 Å². The topological polar surface area (TPSA) is 55.6 Å². The second-order valence-corrected chi connectivity index (χ2v) is 7.05. The van der Waals surface area contributed by atoms with Crippen LogP contribution in [0.3, 0.4) is 0 Å². The summed E-state index contributed by atoms with van der Waals surface area (Å²) in [6, 6.07) is 8.48. The zero-order valence-electron chi connectivity index (χ0n) is 14.0. The van der Waals surface area contributed by atoms with Gasteiger partial charge in [0, 0.05) is 25.0 Å². The molecule has 3 rings (SSSR count). The normalized spacial score (nSPS) is 25.6. The van der Waals surface area contributed by atoms with Crippen molar-refractivity contribution in [2.45, 2.75) is 44.6 Å². The van der Waals surface area contributed by atoms with E-state index in [2.05, 4.69) is 17.0 Å². The third-order valence-electron chi connectivity index (χ3n) is 5.45. The Morgan fingerprint density at radius 3 is 2.61 bits per heavy atom. The van der Waals surface area contributed by atoms with Crippen LogP contribution in [-0.2, 0) is 11.2 Å². The summed E-state index contributed by atoms with van der Waals surface area (Å²) < 4.78 is 5.45. The van der Waals surface area contributed by atoms with Crippen molar-refractivity contribution in [2.24, 2.45) is 17.6 Å². The first-order valence-corrected chi connectivity index (χ1v) is 8.83. The van der Waals surface area contributed by atoms with Gasteiger partial charge in [0.2, 0.25) is 5.91 Å². The van der Waals surface area contributed by atoms with E-state index in [1.807, 2.05) is 12.1 Å². The Kier molecular flexibility index (Phi) is 5.21. The van der Waals surface area contributed by atoms with Crippen molar-refractivity contribution >= 4 is 5.91 Å². The minimum Gasteiger partial charge on any atom is -0.496 e. The number of para-hydroxylation sites is 1. The molecule has 1 aromatic carbocycles. The molecule has 23 heavy (non-hydrogen) atoms. The van der Waals surface area contributed by atoms with Gasteiger partial charge >= 0.3 is 0 Å². The molecule has 126 valence electrons. The highest BCUT2D eigenvalue weighted by molar-refractivity contribution is 5.79. The maximum atomic E-state index is 12.6. The van der Waals surface area contributed by atoms with Gasteiger partial charge in [-0.1, -0.05) is 18.2 Å². The number of carbonyl (C=O) groups is 1. The molecule has 0 unspecified atom stereocenters. The lowest BCUT2D eigenvalue weighted by atomic mass is 9.89. The molecular formula is C19H28N2O2. The molecule has 1 aliphatic heterocycles. The van der Waals surface area contributed by atoms with Crippen LogP contribution >= 0.6 is 0 Å². The monoisotopic (exact) mass is 316 g/mol. The van der Waals surface area contributed by atoms with Gasteiger partial charge in [0.1, 0.15) is 5.75 Å². The Bertz CT molecular complexity index is 538. The molecule has 2 atom stereocenters. The summed E-state index contributed by atoms with van der Waals surface area (Å²) in [7, 11) is 1.73. The summed E-state index contributed by atoms with van der Waals surface area (Å²) in [6.07, 6.45) is 6.06. The van der Waals surface area contributed by atoms with E-state index < -0.39 is 0 Å². The molecule has 1 heterocycles. The van der Waals surface area contributed by atoms with Gasteiger partial charge in [-0.2, -0.15) is 0 Å². The number of hydrogen-bond acceptors (Lipinski definition) is 3. The maximum Gasteiger partial charge on any atom is 0.225 e. The van der Waals surface area contributed by atoms with E-state index in [1.165, 1.54) is 5.56 Å². The Hall–Kier alpha value is -1.55. The number of nitrogens with two attached hydrogens (primary N) is 1. The molecule has 0 bridgehead atoms. The number of hydrogen-bond donors (Lipinski definition) is 1. The number of piperidine rings is 1. The van der Waals surface area contributed by atoms with Crippen molar-refractivity contribution in [1.29, 1.82) is 0 Å². The lowest BCUT2D eigenvalue weighted by molar-refractivity contribution is -0.136. The fourth-order valence-electron chi connectivity index (χ4n) is 4.04. The lowest BCUT2D eigenvalue weighted by Gasteiger charge is -2.34. The molecule has 1 aromatic rings. The minimum absolute atomic E-state index is 0.177. The molecule has 2 N–H and O–H groups in total. The molecule has 1 saturated carbocycles. The van der Waals surface area contributed by atoms with Crippen LogP contribution < -0.4 is 10.5 Å². The van der Waals surface area contributed by atoms with Crippen molar-refractivity contribution in [3.8, 4) is 5.75 Å². The van der Waals surface area contributed by atoms with Crippen LogP contribution in [0, 0.1) is 11.8 Å². The van der Waals surface area contributed by atoms with Gasteiger partial charge in [-0.3, -0.25) is 4.79 Å². The quantitative estimate of drug-likeness (QED) is 0.929. The average Bonchev–Trinajstić information content (AvgIpc) is 3.02. The van der Waals surface area contributed by atoms with Crippen molar-refractivity contribution in [3.63, 3.8) is 0 Å². The van der Waals surface area contributed by atoms with Gasteiger partial charge in [-0.05, 0) is 56.1 Å². The van der Waals surface area contributed by atoms with Crippen molar-refractivity contribution < 1.29 is 9.53 Å². The Balaban J connectivity index is 1.51. The minimum atomic E-state index is 0.177. The van der Waals surface area contributed by atoms with Gasteiger partial charge < -0.3 is 15.4 Å². The van der Waals surface area contributed by atoms with E-state index in [9.17, 15) is 4.79 Å². The highest BCUT2D eigenvalue weighted by Crippen LogP contribution is 2.30. The third kappa shape index (κ3) is 3.86. The number of amides is 1. The zero-order chi connectivity index (χ0) is 16.2. The average molecular weight is 316 g/mol. The summed E-state index contributed by atoms with van der Waals surface area (Å²) >= 11 is 0. The number of benzene rings is 1. The summed E-state index contributed by atoms with van der Waals surface area (Å²) in [4.78, 5) is 14.6. The second-order valence-electron chi connectivity index (χ2n) is 7.05. The van der Waals surface area contributed by atoms with Crippen LogP contribution in [0.25, 0.3) is 0 Å². The second kappa shape index (κ2) is 7.35. The van der Waals surface area contributed by atoms with Crippen LogP contribution in [0.1, 0.15) is 37.7 Å². The Morgan fingerprint density at radius 1 is 1.22 bits per heavy atom. The van der Waals surface area contributed by atoms with Gasteiger partial charge in [0.05, 0.1) is 7.11 Å². The van der Waals surface area contributed by atoms with Crippen molar-refractivity contribution in [3.05, 3.63) is 29.8 Å². The van der Waals surface area contributed by atoms with Crippen LogP contribution in [-0.4, -0.2) is 37.0 Å². The van der Waals surface area contributed by atoms with E-state index in [-0.39, 0.29) is 12.0 Å². The number of nitrogens with zero attached hydrogens (tertiary/aromatic N) is 1. The van der Waals surface area contributed by atoms with Gasteiger partial charge in [-0.15, -0.1) is 0 Å². The number of rotatable bonds is 4. The van der Waals surface area contributed by atoms with E-state index >= 15 is 0 Å². The smallest absolute Gasteiger partial charge is 0.225 e. The molecule has 1 amide bonds. The number of likely N-dealkylation sites (tertiary alicyclic amines) is 1. The van der Waals surface area contributed by atoms with Gasteiger partial charge in [-0.25, -0.2) is 0 Å². The van der Waals surface area contributed by atoms with E-state index in [1.54, 1.807) is 7.11 Å². The van der Waals surface area contributed by atoms with Crippen LogP contribution in [0.2, 0.25) is 0 Å². The lowest BCUT2D eigenvalue weighted by Crippen LogP contribution is -2.41. The number of ether oxygens (including phenoxy) is 1. The van der Waals surface area contributed by atoms with Crippen molar-refractivity contribution in [2.75, 3.05) is 20.2 Å². The predicted molar refractivity (Wildman–Crippen MR) is 91.3 cm³/mol. The SMILES string of the molecule is COc1ccccc1CC1CCN(C(=O)[C@@H]2CC[C@H](N)C2)CC1. The summed E-state index contributed by atoms with van der Waals surface area (Å²) in [6.45, 7) is 1.79. The first kappa shape index (κ1) is 16.3. The molecule has 0 aromatic heterocycles.